The molecule has 0 aromatic heterocycles. The van der Waals surface area contributed by atoms with Gasteiger partial charge in [-0.25, -0.2) is 14.4 Å². The number of carbonyl (C=O) groups excluding carboxylic acids is 4. The molecule has 9 nitrogen and oxygen atoms in total. The highest BCUT2D eigenvalue weighted by Gasteiger charge is 2.52. The first-order valence-electron chi connectivity index (χ1n) is 10.6. The molecule has 1 fully saturated rings. The zero-order valence-electron chi connectivity index (χ0n) is 18.9. The van der Waals surface area contributed by atoms with Gasteiger partial charge in [0.05, 0.1) is 16.4 Å². The van der Waals surface area contributed by atoms with Crippen molar-refractivity contribution < 1.29 is 42.9 Å². The highest BCUT2D eigenvalue weighted by atomic mass is 32.2. The van der Waals surface area contributed by atoms with Crippen molar-refractivity contribution in [2.75, 3.05) is 13.2 Å². The van der Waals surface area contributed by atoms with Crippen LogP contribution in [-0.4, -0.2) is 60.2 Å². The van der Waals surface area contributed by atoms with Crippen molar-refractivity contribution in [2.45, 2.75) is 29.8 Å². The number of hydrogen-bond donors (Lipinski definition) is 0. The van der Waals surface area contributed by atoms with Crippen molar-refractivity contribution >= 4 is 35.8 Å². The van der Waals surface area contributed by atoms with E-state index in [4.69, 9.17) is 23.7 Å². The van der Waals surface area contributed by atoms with Crippen LogP contribution in [0.1, 0.15) is 27.6 Å². The maximum absolute atomic E-state index is 12.8. The Morgan fingerprint density at radius 2 is 1.43 bits per heavy atom. The van der Waals surface area contributed by atoms with Crippen molar-refractivity contribution in [1.82, 2.24) is 0 Å². The maximum atomic E-state index is 12.8. The molecule has 0 bridgehead atoms. The quantitative estimate of drug-likeness (QED) is 0.286. The SMILES string of the molecule is C=CCOC(=O)O[C@H]1C(OC(C)=O)S[C@H](COC(=O)c2ccccc2)[C@@H]1OC(=O)c1ccccc1. The van der Waals surface area contributed by atoms with Gasteiger partial charge in [0.15, 0.2) is 17.6 Å². The van der Waals surface area contributed by atoms with Gasteiger partial charge in [-0.2, -0.15) is 0 Å². The maximum Gasteiger partial charge on any atom is 0.509 e. The van der Waals surface area contributed by atoms with Crippen LogP contribution in [0.2, 0.25) is 0 Å². The molecular weight excluding hydrogens is 476 g/mol. The predicted molar refractivity (Wildman–Crippen MR) is 126 cm³/mol. The molecule has 10 heteroatoms. The largest absolute Gasteiger partial charge is 0.509 e. The number of carbonyl (C=O) groups is 4. The fourth-order valence-electron chi connectivity index (χ4n) is 3.21. The molecule has 1 saturated heterocycles. The lowest BCUT2D eigenvalue weighted by atomic mass is 10.1. The molecule has 1 aliphatic rings. The summed E-state index contributed by atoms with van der Waals surface area (Å²) in [6.45, 7) is 4.34. The molecule has 0 spiro atoms. The first-order valence-corrected chi connectivity index (χ1v) is 11.6. The van der Waals surface area contributed by atoms with E-state index in [0.29, 0.717) is 5.56 Å². The normalized spacial score (nSPS) is 20.8. The second kappa shape index (κ2) is 12.6. The van der Waals surface area contributed by atoms with Gasteiger partial charge in [0, 0.05) is 6.92 Å². The molecule has 1 unspecified atom stereocenters. The Bertz CT molecular complexity index is 1040. The van der Waals surface area contributed by atoms with Crippen LogP contribution in [0.3, 0.4) is 0 Å². The monoisotopic (exact) mass is 500 g/mol. The lowest BCUT2D eigenvalue weighted by Crippen LogP contribution is -2.42. The summed E-state index contributed by atoms with van der Waals surface area (Å²) < 4.78 is 26.7. The number of hydrogen-bond acceptors (Lipinski definition) is 10. The van der Waals surface area contributed by atoms with Gasteiger partial charge in [0.1, 0.15) is 13.2 Å². The molecule has 184 valence electrons. The third-order valence-electron chi connectivity index (χ3n) is 4.74. The second-order valence-electron chi connectivity index (χ2n) is 7.28. The Labute approximate surface area is 206 Å². The number of benzene rings is 2. The Morgan fingerprint density at radius 3 is 2.00 bits per heavy atom. The molecule has 3 rings (SSSR count). The summed E-state index contributed by atoms with van der Waals surface area (Å²) in [6.07, 6.45) is -2.03. The summed E-state index contributed by atoms with van der Waals surface area (Å²) in [6, 6.07) is 16.6. The summed E-state index contributed by atoms with van der Waals surface area (Å²) >= 11 is 1.04. The van der Waals surface area contributed by atoms with Gasteiger partial charge < -0.3 is 23.7 Å². The fourth-order valence-corrected chi connectivity index (χ4v) is 4.62. The van der Waals surface area contributed by atoms with Crippen LogP contribution in [-0.2, 0) is 28.5 Å². The molecule has 0 radical (unpaired) electrons. The number of esters is 3. The molecule has 2 aromatic rings. The van der Waals surface area contributed by atoms with Gasteiger partial charge in [0.25, 0.3) is 0 Å². The zero-order chi connectivity index (χ0) is 25.2. The van der Waals surface area contributed by atoms with Crippen LogP contribution in [0.5, 0.6) is 0 Å². The molecule has 1 aliphatic heterocycles. The third-order valence-corrected chi connectivity index (χ3v) is 6.13. The van der Waals surface area contributed by atoms with Crippen molar-refractivity contribution in [1.29, 1.82) is 0 Å². The number of ether oxygens (including phenoxy) is 5. The molecule has 0 amide bonds. The Morgan fingerprint density at radius 1 is 0.829 bits per heavy atom. The van der Waals surface area contributed by atoms with Gasteiger partial charge in [-0.1, -0.05) is 49.1 Å². The zero-order valence-corrected chi connectivity index (χ0v) is 19.7. The van der Waals surface area contributed by atoms with Crippen LogP contribution < -0.4 is 0 Å². The molecule has 0 aliphatic carbocycles. The van der Waals surface area contributed by atoms with Crippen molar-refractivity contribution in [3.05, 3.63) is 84.4 Å². The van der Waals surface area contributed by atoms with E-state index >= 15 is 0 Å². The van der Waals surface area contributed by atoms with Gasteiger partial charge in [-0.05, 0) is 24.3 Å². The highest BCUT2D eigenvalue weighted by molar-refractivity contribution is 8.00. The minimum Gasteiger partial charge on any atom is -0.461 e. The lowest BCUT2D eigenvalue weighted by Gasteiger charge is -2.25. The molecule has 0 saturated carbocycles. The first-order chi connectivity index (χ1) is 16.9. The van der Waals surface area contributed by atoms with Gasteiger partial charge in [0.2, 0.25) is 0 Å². The van der Waals surface area contributed by atoms with Crippen molar-refractivity contribution in [2.24, 2.45) is 0 Å². The molecule has 0 N–H and O–H groups in total. The van der Waals surface area contributed by atoms with Crippen molar-refractivity contribution in [3.8, 4) is 0 Å². The lowest BCUT2D eigenvalue weighted by molar-refractivity contribution is -0.149. The van der Waals surface area contributed by atoms with E-state index in [-0.39, 0.29) is 18.8 Å². The number of rotatable bonds is 9. The van der Waals surface area contributed by atoms with Crippen molar-refractivity contribution in [3.63, 3.8) is 0 Å². The highest BCUT2D eigenvalue weighted by Crippen LogP contribution is 2.40. The summed E-state index contributed by atoms with van der Waals surface area (Å²) in [5, 5.41) is -0.711. The molecule has 35 heavy (non-hydrogen) atoms. The average molecular weight is 501 g/mol. The summed E-state index contributed by atoms with van der Waals surface area (Å²) in [5.74, 6) is -1.91. The van der Waals surface area contributed by atoms with E-state index < -0.39 is 47.0 Å². The van der Waals surface area contributed by atoms with Crippen LogP contribution in [0.15, 0.2) is 73.3 Å². The second-order valence-corrected chi connectivity index (χ2v) is 8.63. The molecular formula is C25H24O9S. The third kappa shape index (κ3) is 7.35. The van der Waals surface area contributed by atoms with Crippen LogP contribution in [0, 0.1) is 0 Å². The van der Waals surface area contributed by atoms with Gasteiger partial charge >= 0.3 is 24.1 Å². The van der Waals surface area contributed by atoms with Gasteiger partial charge in [-0.15, -0.1) is 11.8 Å². The first kappa shape index (κ1) is 25.8. The fraction of sp³-hybridized carbons (Fsp3) is 0.280. The van der Waals surface area contributed by atoms with E-state index in [1.54, 1.807) is 60.7 Å². The summed E-state index contributed by atoms with van der Waals surface area (Å²) in [5.41, 5.74) is -0.426. The van der Waals surface area contributed by atoms with Crippen LogP contribution >= 0.6 is 11.8 Å². The Hall–Kier alpha value is -3.79. The van der Waals surface area contributed by atoms with E-state index in [1.165, 1.54) is 13.0 Å². The topological polar surface area (TPSA) is 114 Å². The number of thioether (sulfide) groups is 1. The summed E-state index contributed by atoms with van der Waals surface area (Å²) in [4.78, 5) is 49.1. The Balaban J connectivity index is 1.82. The van der Waals surface area contributed by atoms with Gasteiger partial charge in [-0.3, -0.25) is 4.79 Å². The smallest absolute Gasteiger partial charge is 0.461 e. The van der Waals surface area contributed by atoms with Crippen LogP contribution in [0.25, 0.3) is 0 Å². The average Bonchev–Trinajstić information content (AvgIpc) is 3.16. The molecule has 1 heterocycles. The standard InChI is InChI=1S/C25H24O9S/c1-3-14-30-25(29)34-21-20(33-23(28)18-12-8-5-9-13-18)19(35-24(21)32-16(2)26)15-31-22(27)17-10-6-4-7-11-17/h3-13,19-21,24H,1,14-15H2,2H3/t19-,20+,21-,24?/m1/s1. The van der Waals surface area contributed by atoms with E-state index in [0.717, 1.165) is 11.8 Å². The summed E-state index contributed by atoms with van der Waals surface area (Å²) in [7, 11) is 0. The minimum atomic E-state index is -1.21. The van der Waals surface area contributed by atoms with E-state index in [2.05, 4.69) is 6.58 Å². The predicted octanol–water partition coefficient (Wildman–Crippen LogP) is 3.78. The van der Waals surface area contributed by atoms with Crippen LogP contribution in [0.4, 0.5) is 4.79 Å². The minimum absolute atomic E-state index is 0.108. The molecule has 2 aromatic carbocycles. The Kier molecular flexibility index (Phi) is 9.31. The van der Waals surface area contributed by atoms with E-state index in [9.17, 15) is 19.2 Å². The van der Waals surface area contributed by atoms with E-state index in [1.807, 2.05) is 0 Å². The molecule has 4 atom stereocenters.